The smallest absolute Gasteiger partial charge is 0.119 e. The Hall–Kier alpha value is -1.22. The van der Waals surface area contributed by atoms with Crippen LogP contribution in [0.25, 0.3) is 0 Å². The number of nitrogens with zero attached hydrogens (tertiary/aromatic N) is 2. The first-order valence-corrected chi connectivity index (χ1v) is 7.58. The summed E-state index contributed by atoms with van der Waals surface area (Å²) in [6.07, 6.45) is 3.81. The lowest BCUT2D eigenvalue weighted by molar-refractivity contribution is 0.231. The van der Waals surface area contributed by atoms with Crippen molar-refractivity contribution < 1.29 is 4.74 Å². The Morgan fingerprint density at radius 2 is 2.00 bits per heavy atom. The first-order chi connectivity index (χ1) is 9.36. The average Bonchev–Trinajstić information content (AvgIpc) is 2.93. The molecule has 1 aromatic rings. The van der Waals surface area contributed by atoms with E-state index in [0.29, 0.717) is 0 Å². The summed E-state index contributed by atoms with van der Waals surface area (Å²) in [4.78, 5) is 5.17. The SMILES string of the molecule is CCCOc1ccc(N2CCN3CCCC3C2)cc1. The van der Waals surface area contributed by atoms with E-state index in [-0.39, 0.29) is 0 Å². The van der Waals surface area contributed by atoms with Crippen molar-refractivity contribution in [3.05, 3.63) is 24.3 Å². The molecule has 3 rings (SSSR count). The molecule has 0 amide bonds. The van der Waals surface area contributed by atoms with E-state index in [1.165, 1.54) is 38.2 Å². The van der Waals surface area contributed by atoms with Gasteiger partial charge in [0, 0.05) is 31.4 Å². The molecule has 2 saturated heterocycles. The molecule has 2 aliphatic rings. The van der Waals surface area contributed by atoms with Gasteiger partial charge in [-0.25, -0.2) is 0 Å². The van der Waals surface area contributed by atoms with Gasteiger partial charge in [0.1, 0.15) is 5.75 Å². The number of hydrogen-bond donors (Lipinski definition) is 0. The monoisotopic (exact) mass is 260 g/mol. The molecule has 3 nitrogen and oxygen atoms in total. The maximum Gasteiger partial charge on any atom is 0.119 e. The molecule has 104 valence electrons. The molecule has 2 aliphatic heterocycles. The van der Waals surface area contributed by atoms with E-state index in [0.717, 1.165) is 31.4 Å². The Morgan fingerprint density at radius 1 is 1.16 bits per heavy atom. The minimum atomic E-state index is 0.782. The topological polar surface area (TPSA) is 15.7 Å². The Balaban J connectivity index is 1.62. The minimum Gasteiger partial charge on any atom is -0.494 e. The Bertz CT molecular complexity index is 404. The van der Waals surface area contributed by atoms with Gasteiger partial charge >= 0.3 is 0 Å². The second kappa shape index (κ2) is 5.83. The third-order valence-corrected chi connectivity index (χ3v) is 4.26. The first kappa shape index (κ1) is 12.8. The van der Waals surface area contributed by atoms with Crippen molar-refractivity contribution in [2.45, 2.75) is 32.2 Å². The van der Waals surface area contributed by atoms with Crippen LogP contribution in [0.15, 0.2) is 24.3 Å². The Labute approximate surface area is 116 Å². The van der Waals surface area contributed by atoms with Crippen LogP contribution in [-0.4, -0.2) is 43.7 Å². The fraction of sp³-hybridized carbons (Fsp3) is 0.625. The lowest BCUT2D eigenvalue weighted by Crippen LogP contribution is -2.50. The Morgan fingerprint density at radius 3 is 2.79 bits per heavy atom. The molecule has 1 atom stereocenters. The molecule has 2 fully saturated rings. The molecule has 0 radical (unpaired) electrons. The van der Waals surface area contributed by atoms with Crippen LogP contribution in [0.4, 0.5) is 5.69 Å². The minimum absolute atomic E-state index is 0.782. The molecule has 1 aromatic carbocycles. The average molecular weight is 260 g/mol. The number of hydrogen-bond acceptors (Lipinski definition) is 3. The molecule has 1 unspecified atom stereocenters. The van der Waals surface area contributed by atoms with Crippen LogP contribution in [-0.2, 0) is 0 Å². The highest BCUT2D eigenvalue weighted by molar-refractivity contribution is 5.49. The largest absolute Gasteiger partial charge is 0.494 e. The molecular formula is C16H24N2O. The van der Waals surface area contributed by atoms with Gasteiger partial charge in [0.15, 0.2) is 0 Å². The highest BCUT2D eigenvalue weighted by atomic mass is 16.5. The predicted octanol–water partition coefficient (Wildman–Crippen LogP) is 2.76. The summed E-state index contributed by atoms with van der Waals surface area (Å²) in [7, 11) is 0. The molecule has 0 bridgehead atoms. The molecule has 0 N–H and O–H groups in total. The van der Waals surface area contributed by atoms with Gasteiger partial charge in [0.05, 0.1) is 6.61 Å². The van der Waals surface area contributed by atoms with Crippen molar-refractivity contribution in [2.24, 2.45) is 0 Å². The van der Waals surface area contributed by atoms with E-state index in [9.17, 15) is 0 Å². The molecule has 0 aromatic heterocycles. The van der Waals surface area contributed by atoms with Gasteiger partial charge < -0.3 is 9.64 Å². The number of fused-ring (bicyclic) bond motifs is 1. The summed E-state index contributed by atoms with van der Waals surface area (Å²) in [5, 5.41) is 0. The number of piperazine rings is 1. The van der Waals surface area contributed by atoms with Crippen molar-refractivity contribution in [3.63, 3.8) is 0 Å². The van der Waals surface area contributed by atoms with E-state index in [2.05, 4.69) is 41.0 Å². The van der Waals surface area contributed by atoms with Crippen LogP contribution in [0.5, 0.6) is 5.75 Å². The van der Waals surface area contributed by atoms with Crippen molar-refractivity contribution >= 4 is 5.69 Å². The van der Waals surface area contributed by atoms with Crippen molar-refractivity contribution in [3.8, 4) is 5.75 Å². The summed E-state index contributed by atoms with van der Waals surface area (Å²) in [5.74, 6) is 0.991. The lowest BCUT2D eigenvalue weighted by Gasteiger charge is -2.38. The normalized spacial score (nSPS) is 23.4. The summed E-state index contributed by atoms with van der Waals surface area (Å²) in [6.45, 7) is 7.82. The van der Waals surface area contributed by atoms with Crippen molar-refractivity contribution in [1.29, 1.82) is 0 Å². The van der Waals surface area contributed by atoms with Crippen LogP contribution in [0.3, 0.4) is 0 Å². The lowest BCUT2D eigenvalue weighted by atomic mass is 10.1. The molecule has 0 spiro atoms. The zero-order valence-electron chi connectivity index (χ0n) is 11.8. The van der Waals surface area contributed by atoms with Gasteiger partial charge in [-0.2, -0.15) is 0 Å². The van der Waals surface area contributed by atoms with Gasteiger partial charge in [-0.1, -0.05) is 6.92 Å². The fourth-order valence-electron chi connectivity index (χ4n) is 3.20. The summed E-state index contributed by atoms with van der Waals surface area (Å²) in [6, 6.07) is 9.40. The molecule has 0 saturated carbocycles. The molecular weight excluding hydrogens is 236 g/mol. The Kier molecular flexibility index (Phi) is 3.92. The van der Waals surface area contributed by atoms with Gasteiger partial charge in [-0.05, 0) is 50.1 Å². The van der Waals surface area contributed by atoms with Crippen molar-refractivity contribution in [1.82, 2.24) is 4.90 Å². The van der Waals surface area contributed by atoms with E-state index in [1.54, 1.807) is 0 Å². The first-order valence-electron chi connectivity index (χ1n) is 7.58. The maximum absolute atomic E-state index is 5.64. The third kappa shape index (κ3) is 2.86. The zero-order chi connectivity index (χ0) is 13.1. The molecule has 0 aliphatic carbocycles. The van der Waals surface area contributed by atoms with E-state index in [4.69, 9.17) is 4.74 Å². The van der Waals surface area contributed by atoms with Crippen LogP contribution in [0.2, 0.25) is 0 Å². The third-order valence-electron chi connectivity index (χ3n) is 4.26. The second-order valence-electron chi connectivity index (χ2n) is 5.62. The summed E-state index contributed by atoms with van der Waals surface area (Å²) < 4.78 is 5.64. The standard InChI is InChI=1S/C16H24N2O/c1-2-12-19-16-7-5-14(6-8-16)18-11-10-17-9-3-4-15(17)13-18/h5-8,15H,2-4,9-13H2,1H3. The van der Waals surface area contributed by atoms with Gasteiger partial charge in [-0.3, -0.25) is 4.90 Å². The summed E-state index contributed by atoms with van der Waals surface area (Å²) in [5.41, 5.74) is 1.34. The second-order valence-corrected chi connectivity index (χ2v) is 5.62. The quantitative estimate of drug-likeness (QED) is 0.828. The van der Waals surface area contributed by atoms with Gasteiger partial charge in [0.2, 0.25) is 0 Å². The molecule has 3 heteroatoms. The van der Waals surface area contributed by atoms with E-state index in [1.807, 2.05) is 0 Å². The number of benzene rings is 1. The number of anilines is 1. The number of rotatable bonds is 4. The predicted molar refractivity (Wildman–Crippen MR) is 79.0 cm³/mol. The molecule has 2 heterocycles. The van der Waals surface area contributed by atoms with Crippen LogP contribution >= 0.6 is 0 Å². The maximum atomic E-state index is 5.64. The zero-order valence-corrected chi connectivity index (χ0v) is 11.8. The fourth-order valence-corrected chi connectivity index (χ4v) is 3.20. The van der Waals surface area contributed by atoms with Crippen LogP contribution in [0.1, 0.15) is 26.2 Å². The van der Waals surface area contributed by atoms with Crippen molar-refractivity contribution in [2.75, 3.05) is 37.7 Å². The van der Waals surface area contributed by atoms with E-state index < -0.39 is 0 Å². The highest BCUT2D eigenvalue weighted by Gasteiger charge is 2.30. The highest BCUT2D eigenvalue weighted by Crippen LogP contribution is 2.26. The number of ether oxygens (including phenoxy) is 1. The van der Waals surface area contributed by atoms with Crippen LogP contribution in [0, 0.1) is 0 Å². The van der Waals surface area contributed by atoms with Crippen LogP contribution < -0.4 is 9.64 Å². The summed E-state index contributed by atoms with van der Waals surface area (Å²) >= 11 is 0. The molecule has 19 heavy (non-hydrogen) atoms. The van der Waals surface area contributed by atoms with E-state index >= 15 is 0 Å². The van der Waals surface area contributed by atoms with Gasteiger partial charge in [-0.15, -0.1) is 0 Å². The van der Waals surface area contributed by atoms with Gasteiger partial charge in [0.25, 0.3) is 0 Å².